The Hall–Kier alpha value is -2.18. The molecule has 1 aliphatic rings. The van der Waals surface area contributed by atoms with Gasteiger partial charge in [0.1, 0.15) is 0 Å². The Bertz CT molecular complexity index is 811. The number of thioether (sulfide) groups is 1. The second kappa shape index (κ2) is 8.78. The SMILES string of the molecule is O=Cc1cncc(NCC(=O)C2=CCC=C(Cc3cccs3)CS2)c1. The van der Waals surface area contributed by atoms with E-state index in [9.17, 15) is 9.59 Å². The molecule has 0 bridgehead atoms. The van der Waals surface area contributed by atoms with Crippen molar-refractivity contribution in [2.24, 2.45) is 0 Å². The molecule has 2 aromatic rings. The molecule has 1 N–H and O–H groups in total. The third-order valence-corrected chi connectivity index (χ3v) is 5.82. The van der Waals surface area contributed by atoms with Crippen molar-refractivity contribution in [1.29, 1.82) is 0 Å². The average Bonchev–Trinajstić information content (AvgIpc) is 3.04. The Morgan fingerprint density at radius 3 is 3.04 bits per heavy atom. The maximum absolute atomic E-state index is 12.4. The van der Waals surface area contributed by atoms with E-state index < -0.39 is 0 Å². The number of rotatable bonds is 7. The molecule has 0 aliphatic carbocycles. The first-order valence-electron chi connectivity index (χ1n) is 7.95. The van der Waals surface area contributed by atoms with Crippen LogP contribution in [0.15, 0.2) is 58.6 Å². The molecule has 3 heterocycles. The highest BCUT2D eigenvalue weighted by Crippen LogP contribution is 2.27. The van der Waals surface area contributed by atoms with Gasteiger partial charge in [0.25, 0.3) is 0 Å². The van der Waals surface area contributed by atoms with Gasteiger partial charge < -0.3 is 5.32 Å². The Morgan fingerprint density at radius 2 is 2.24 bits per heavy atom. The Labute approximate surface area is 155 Å². The van der Waals surface area contributed by atoms with Gasteiger partial charge in [0.15, 0.2) is 12.1 Å². The van der Waals surface area contributed by atoms with Crippen LogP contribution in [-0.2, 0) is 11.2 Å². The summed E-state index contributed by atoms with van der Waals surface area (Å²) in [6, 6.07) is 5.90. The molecule has 0 atom stereocenters. The number of aldehydes is 1. The van der Waals surface area contributed by atoms with Crippen molar-refractivity contribution in [2.75, 3.05) is 17.6 Å². The molecule has 128 valence electrons. The number of Topliss-reactive ketones (excluding diaryl/α,β-unsaturated/α-hetero) is 1. The Morgan fingerprint density at radius 1 is 1.32 bits per heavy atom. The number of carbonyl (C=O) groups is 2. The number of thiophene rings is 1. The van der Waals surface area contributed by atoms with Crippen LogP contribution in [0.25, 0.3) is 0 Å². The number of hydrogen-bond donors (Lipinski definition) is 1. The molecule has 0 aromatic carbocycles. The summed E-state index contributed by atoms with van der Waals surface area (Å²) in [6.45, 7) is 0.198. The molecule has 0 saturated carbocycles. The maximum Gasteiger partial charge on any atom is 0.187 e. The highest BCUT2D eigenvalue weighted by molar-refractivity contribution is 8.04. The van der Waals surface area contributed by atoms with Crippen molar-refractivity contribution in [2.45, 2.75) is 12.8 Å². The standard InChI is InChI=1S/C19H18N2O2S2/c22-12-15-7-16(10-20-9-15)21-11-18(23)19-5-1-3-14(13-25-19)8-17-4-2-6-24-17/h2-7,9-10,12,21H,1,8,11,13H2. The summed E-state index contributed by atoms with van der Waals surface area (Å²) >= 11 is 3.37. The predicted molar refractivity (Wildman–Crippen MR) is 104 cm³/mol. The van der Waals surface area contributed by atoms with Crippen molar-refractivity contribution in [3.05, 3.63) is 69.0 Å². The van der Waals surface area contributed by atoms with E-state index in [2.05, 4.69) is 33.9 Å². The first kappa shape index (κ1) is 17.6. The first-order valence-corrected chi connectivity index (χ1v) is 9.81. The minimum absolute atomic E-state index is 0.0623. The predicted octanol–water partition coefficient (Wildman–Crippen LogP) is 4.13. The highest BCUT2D eigenvalue weighted by atomic mass is 32.2. The lowest BCUT2D eigenvalue weighted by atomic mass is 10.1. The molecule has 0 unspecified atom stereocenters. The third-order valence-electron chi connectivity index (χ3n) is 3.73. The zero-order chi connectivity index (χ0) is 17.5. The van der Waals surface area contributed by atoms with Crippen LogP contribution in [0.5, 0.6) is 0 Å². The van der Waals surface area contributed by atoms with Crippen molar-refractivity contribution in [3.8, 4) is 0 Å². The van der Waals surface area contributed by atoms with Crippen LogP contribution in [-0.4, -0.2) is 29.4 Å². The molecular formula is C19H18N2O2S2. The quantitative estimate of drug-likeness (QED) is 0.587. The van der Waals surface area contributed by atoms with Crippen molar-refractivity contribution < 1.29 is 9.59 Å². The molecule has 3 rings (SSSR count). The Kier molecular flexibility index (Phi) is 6.19. The van der Waals surface area contributed by atoms with Crippen LogP contribution in [0.1, 0.15) is 21.7 Å². The smallest absolute Gasteiger partial charge is 0.187 e. The molecule has 0 amide bonds. The van der Waals surface area contributed by atoms with Crippen LogP contribution < -0.4 is 5.32 Å². The van der Waals surface area contributed by atoms with E-state index in [4.69, 9.17) is 0 Å². The monoisotopic (exact) mass is 370 g/mol. The van der Waals surface area contributed by atoms with Crippen molar-refractivity contribution in [3.63, 3.8) is 0 Å². The van der Waals surface area contributed by atoms with Gasteiger partial charge in [-0.2, -0.15) is 0 Å². The summed E-state index contributed by atoms with van der Waals surface area (Å²) in [5, 5.41) is 5.13. The zero-order valence-corrected chi connectivity index (χ0v) is 15.2. The third kappa shape index (κ3) is 5.14. The minimum Gasteiger partial charge on any atom is -0.376 e. The molecule has 25 heavy (non-hydrogen) atoms. The van der Waals surface area contributed by atoms with E-state index in [1.807, 2.05) is 6.08 Å². The van der Waals surface area contributed by atoms with Crippen LogP contribution >= 0.6 is 23.1 Å². The molecule has 4 nitrogen and oxygen atoms in total. The molecule has 1 aliphatic heterocycles. The number of nitrogens with zero attached hydrogens (tertiary/aromatic N) is 1. The van der Waals surface area contributed by atoms with Gasteiger partial charge in [-0.1, -0.05) is 23.8 Å². The van der Waals surface area contributed by atoms with Gasteiger partial charge in [-0.25, -0.2) is 0 Å². The summed E-state index contributed by atoms with van der Waals surface area (Å²) in [7, 11) is 0. The highest BCUT2D eigenvalue weighted by Gasteiger charge is 2.14. The first-order chi connectivity index (χ1) is 12.2. The summed E-state index contributed by atoms with van der Waals surface area (Å²) in [4.78, 5) is 29.3. The van der Waals surface area contributed by atoms with Gasteiger partial charge in [-0.3, -0.25) is 14.6 Å². The number of anilines is 1. The molecular weight excluding hydrogens is 352 g/mol. The molecule has 0 saturated heterocycles. The average molecular weight is 370 g/mol. The fourth-order valence-electron chi connectivity index (χ4n) is 2.46. The molecule has 2 aromatic heterocycles. The largest absolute Gasteiger partial charge is 0.376 e. The zero-order valence-electron chi connectivity index (χ0n) is 13.6. The normalized spacial score (nSPS) is 14.2. The molecule has 0 fully saturated rings. The fraction of sp³-hybridized carbons (Fsp3) is 0.211. The van der Waals surface area contributed by atoms with E-state index in [0.717, 1.165) is 29.8 Å². The second-order valence-electron chi connectivity index (χ2n) is 5.61. The number of pyridine rings is 1. The van der Waals surface area contributed by atoms with Crippen LogP contribution in [0.3, 0.4) is 0 Å². The van der Waals surface area contributed by atoms with Crippen molar-refractivity contribution >= 4 is 40.9 Å². The summed E-state index contributed by atoms with van der Waals surface area (Å²) < 4.78 is 0. The summed E-state index contributed by atoms with van der Waals surface area (Å²) in [5.74, 6) is 0.907. The lowest BCUT2D eigenvalue weighted by molar-refractivity contribution is -0.113. The van der Waals surface area contributed by atoms with Gasteiger partial charge in [0, 0.05) is 39.9 Å². The lowest BCUT2D eigenvalue weighted by Crippen LogP contribution is -2.15. The number of ketones is 1. The molecule has 0 spiro atoms. The lowest BCUT2D eigenvalue weighted by Gasteiger charge is -2.08. The maximum atomic E-state index is 12.4. The molecule has 0 radical (unpaired) electrons. The van der Waals surface area contributed by atoms with Gasteiger partial charge in [-0.15, -0.1) is 23.1 Å². The minimum atomic E-state index is 0.0623. The second-order valence-corrected chi connectivity index (χ2v) is 7.66. The summed E-state index contributed by atoms with van der Waals surface area (Å²) in [5.41, 5.74) is 2.53. The number of aromatic nitrogens is 1. The van der Waals surface area contributed by atoms with Gasteiger partial charge in [-0.05, 0) is 23.9 Å². The van der Waals surface area contributed by atoms with Crippen LogP contribution in [0, 0.1) is 0 Å². The number of carbonyl (C=O) groups excluding carboxylic acids is 2. The summed E-state index contributed by atoms with van der Waals surface area (Å²) in [6.07, 6.45) is 9.80. The van der Waals surface area contributed by atoms with E-state index in [-0.39, 0.29) is 12.3 Å². The van der Waals surface area contributed by atoms with E-state index in [1.165, 1.54) is 16.6 Å². The fourth-order valence-corrected chi connectivity index (χ4v) is 4.23. The Balaban J connectivity index is 1.51. The van der Waals surface area contributed by atoms with E-state index in [0.29, 0.717) is 11.3 Å². The van der Waals surface area contributed by atoms with E-state index >= 15 is 0 Å². The van der Waals surface area contributed by atoms with Crippen LogP contribution in [0.4, 0.5) is 5.69 Å². The van der Waals surface area contributed by atoms with Gasteiger partial charge >= 0.3 is 0 Å². The van der Waals surface area contributed by atoms with E-state index in [1.54, 1.807) is 35.4 Å². The molecule has 6 heteroatoms. The van der Waals surface area contributed by atoms with Gasteiger partial charge in [0.05, 0.1) is 12.2 Å². The topological polar surface area (TPSA) is 59.1 Å². The van der Waals surface area contributed by atoms with Crippen LogP contribution in [0.2, 0.25) is 0 Å². The number of nitrogens with one attached hydrogen (secondary N) is 1. The van der Waals surface area contributed by atoms with Crippen molar-refractivity contribution in [1.82, 2.24) is 4.98 Å². The number of allylic oxidation sites excluding steroid dienone is 2. The number of hydrogen-bond acceptors (Lipinski definition) is 6. The van der Waals surface area contributed by atoms with Gasteiger partial charge in [0.2, 0.25) is 0 Å².